The second-order valence-electron chi connectivity index (χ2n) is 16.9. The molecule has 0 saturated heterocycles. The summed E-state index contributed by atoms with van der Waals surface area (Å²) in [5.74, 6) is 3.13. The van der Waals surface area contributed by atoms with Gasteiger partial charge in [-0.15, -0.1) is 0 Å². The van der Waals surface area contributed by atoms with Crippen molar-refractivity contribution in [3.8, 4) is 23.0 Å². The Morgan fingerprint density at radius 2 is 0.522 bits per heavy atom. The van der Waals surface area contributed by atoms with E-state index in [9.17, 15) is 0 Å². The van der Waals surface area contributed by atoms with Gasteiger partial charge in [-0.3, -0.25) is 0 Å². The largest absolute Gasteiger partial charge is 0.458 e. The summed E-state index contributed by atoms with van der Waals surface area (Å²) in [6.45, 7) is -0.190. The predicted octanol–water partition coefficient (Wildman–Crippen LogP) is 14.6. The second-order valence-corrected chi connectivity index (χ2v) is 16.9. The highest BCUT2D eigenvalue weighted by atomic mass is 16.5. The van der Waals surface area contributed by atoms with Gasteiger partial charge < -0.3 is 29.1 Å². The quantitative estimate of drug-likeness (QED) is 0.127. The fourth-order valence-corrected chi connectivity index (χ4v) is 10.2. The molecule has 316 valence electrons. The highest BCUT2D eigenvalue weighted by Gasteiger charge is 2.49. The van der Waals surface area contributed by atoms with Crippen LogP contribution in [0.15, 0.2) is 249 Å². The van der Waals surface area contributed by atoms with E-state index >= 15 is 0 Å². The minimum atomic E-state index is -0.190. The van der Waals surface area contributed by atoms with E-state index in [1.54, 1.807) is 0 Å². The first kappa shape index (κ1) is 38.5. The molecule has 7 heteroatoms. The molecule has 0 unspecified atom stereocenters. The maximum Gasteiger partial charge on any atom is 0.266 e. The van der Waals surface area contributed by atoms with E-state index in [4.69, 9.17) is 9.47 Å². The number of hydrogen-bond donors (Lipinski definition) is 0. The summed E-state index contributed by atoms with van der Waals surface area (Å²) >= 11 is 0. The Labute approximate surface area is 390 Å². The van der Waals surface area contributed by atoms with Crippen LogP contribution in [-0.2, 0) is 0 Å². The Bertz CT molecular complexity index is 3140. The zero-order valence-electron chi connectivity index (χ0n) is 36.4. The maximum atomic E-state index is 7.37. The van der Waals surface area contributed by atoms with Gasteiger partial charge in [-0.2, -0.15) is 0 Å². The van der Waals surface area contributed by atoms with Crippen LogP contribution in [0.5, 0.6) is 23.0 Å². The minimum Gasteiger partial charge on any atom is -0.458 e. The van der Waals surface area contributed by atoms with Crippen LogP contribution in [0.2, 0.25) is 0 Å². The molecule has 0 fully saturated rings. The summed E-state index contributed by atoms with van der Waals surface area (Å²) in [7, 11) is 0. The standard InChI is InChI=1S/C60H41BN4O2/c1-8-22-42(23-9-1)62(43-24-10-2-11-25-43)49-36-52-58-54(38-49)66-56-40-51(64(46-30-16-5-17-31-46)47-32-18-6-19-33-47)41-57-60(56)61(58)59-53(65(52)48-34-20-7-21-35-48)37-50(39-55(59)67-57)63(44-26-12-3-13-27-44)45-28-14-4-15-29-45/h1-41H. The number of rotatable bonds is 10. The predicted molar refractivity (Wildman–Crippen MR) is 276 cm³/mol. The number of anilines is 12. The van der Waals surface area contributed by atoms with Gasteiger partial charge in [0.05, 0.1) is 17.1 Å². The van der Waals surface area contributed by atoms with Crippen LogP contribution in [0.3, 0.4) is 0 Å². The minimum absolute atomic E-state index is 0.190. The lowest BCUT2D eigenvalue weighted by Gasteiger charge is -2.44. The van der Waals surface area contributed by atoms with E-state index in [1.807, 2.05) is 0 Å². The third-order valence-corrected chi connectivity index (χ3v) is 13.0. The zero-order chi connectivity index (χ0) is 44.3. The topological polar surface area (TPSA) is 31.4 Å². The molecule has 10 aromatic rings. The normalized spacial score (nSPS) is 12.4. The van der Waals surface area contributed by atoms with Gasteiger partial charge in [0, 0.05) is 80.9 Å². The van der Waals surface area contributed by atoms with Crippen molar-refractivity contribution in [1.82, 2.24) is 0 Å². The number of hydrogen-bond acceptors (Lipinski definition) is 6. The summed E-state index contributed by atoms with van der Waals surface area (Å²) in [4.78, 5) is 9.32. The molecule has 0 aromatic heterocycles. The fourth-order valence-electron chi connectivity index (χ4n) is 10.2. The van der Waals surface area contributed by atoms with Gasteiger partial charge in [0.1, 0.15) is 23.0 Å². The van der Waals surface area contributed by atoms with Crippen LogP contribution in [-0.4, -0.2) is 6.71 Å². The van der Waals surface area contributed by atoms with Gasteiger partial charge in [-0.05, 0) is 108 Å². The first-order valence-corrected chi connectivity index (χ1v) is 22.7. The molecule has 0 aliphatic carbocycles. The highest BCUT2D eigenvalue weighted by molar-refractivity contribution is 7.00. The van der Waals surface area contributed by atoms with Crippen molar-refractivity contribution in [2.75, 3.05) is 19.6 Å². The fraction of sp³-hybridized carbons (Fsp3) is 0. The van der Waals surface area contributed by atoms with Crippen molar-refractivity contribution in [3.05, 3.63) is 249 Å². The Hall–Kier alpha value is -8.94. The van der Waals surface area contributed by atoms with Crippen LogP contribution in [0.25, 0.3) is 0 Å². The smallest absolute Gasteiger partial charge is 0.266 e. The average molecular weight is 861 g/mol. The molecule has 0 saturated carbocycles. The molecule has 3 aliphatic heterocycles. The average Bonchev–Trinajstić information content (AvgIpc) is 3.38. The molecule has 6 nitrogen and oxygen atoms in total. The van der Waals surface area contributed by atoms with E-state index in [-0.39, 0.29) is 6.71 Å². The number of ether oxygens (including phenoxy) is 2. The first-order valence-electron chi connectivity index (χ1n) is 22.7. The molecule has 0 radical (unpaired) electrons. The van der Waals surface area contributed by atoms with Gasteiger partial charge in [0.15, 0.2) is 0 Å². The van der Waals surface area contributed by atoms with Crippen LogP contribution in [0, 0.1) is 0 Å². The molecule has 10 aromatic carbocycles. The van der Waals surface area contributed by atoms with Crippen molar-refractivity contribution in [2.24, 2.45) is 0 Å². The Morgan fingerprint density at radius 3 is 0.821 bits per heavy atom. The zero-order valence-corrected chi connectivity index (χ0v) is 36.4. The lowest BCUT2D eigenvalue weighted by atomic mass is 9.33. The van der Waals surface area contributed by atoms with Gasteiger partial charge in [-0.25, -0.2) is 0 Å². The van der Waals surface area contributed by atoms with E-state index in [2.05, 4.69) is 268 Å². The molecule has 13 rings (SSSR count). The van der Waals surface area contributed by atoms with Gasteiger partial charge in [0.25, 0.3) is 6.71 Å². The van der Waals surface area contributed by atoms with E-state index in [1.165, 1.54) is 0 Å². The molecule has 67 heavy (non-hydrogen) atoms. The Balaban J connectivity index is 1.11. The Morgan fingerprint density at radius 1 is 0.269 bits per heavy atom. The summed E-state index contributed by atoms with van der Waals surface area (Å²) in [5.41, 5.74) is 15.5. The van der Waals surface area contributed by atoms with Crippen LogP contribution in [0.1, 0.15) is 0 Å². The van der Waals surface area contributed by atoms with Crippen molar-refractivity contribution in [1.29, 1.82) is 0 Å². The van der Waals surface area contributed by atoms with Crippen LogP contribution >= 0.6 is 0 Å². The molecule has 0 atom stereocenters. The molecule has 0 N–H and O–H groups in total. The van der Waals surface area contributed by atoms with Gasteiger partial charge in [0.2, 0.25) is 0 Å². The third kappa shape index (κ3) is 6.51. The van der Waals surface area contributed by atoms with Crippen molar-refractivity contribution in [3.63, 3.8) is 0 Å². The van der Waals surface area contributed by atoms with Gasteiger partial charge in [-0.1, -0.05) is 127 Å². The lowest BCUT2D eigenvalue weighted by Crippen LogP contribution is -2.61. The highest BCUT2D eigenvalue weighted by Crippen LogP contribution is 2.52. The summed E-state index contributed by atoms with van der Waals surface area (Å²) in [6.07, 6.45) is 0. The van der Waals surface area contributed by atoms with Crippen molar-refractivity contribution >= 4 is 91.3 Å². The SMILES string of the molecule is c1ccc(N(c2ccccc2)c2cc3c4c(c2)Oc2cc(N(c5ccccc5)c5ccccc5)cc5c2B4c2c(cc(N(c4ccccc4)c4ccccc4)cc2N5c2ccccc2)O3)cc1. The first-order chi connectivity index (χ1) is 33.2. The van der Waals surface area contributed by atoms with Crippen molar-refractivity contribution < 1.29 is 9.47 Å². The van der Waals surface area contributed by atoms with Crippen molar-refractivity contribution in [2.45, 2.75) is 0 Å². The summed E-state index contributed by atoms with van der Waals surface area (Å²) < 4.78 is 14.7. The maximum absolute atomic E-state index is 7.37. The Kier molecular flexibility index (Phi) is 9.17. The molecule has 0 bridgehead atoms. The molecule has 3 heterocycles. The van der Waals surface area contributed by atoms with E-state index in [0.29, 0.717) is 0 Å². The molecule has 0 spiro atoms. The third-order valence-electron chi connectivity index (χ3n) is 13.0. The van der Waals surface area contributed by atoms with E-state index in [0.717, 1.165) is 108 Å². The lowest BCUT2D eigenvalue weighted by molar-refractivity contribution is 0.464. The molecule has 3 aliphatic rings. The number of benzene rings is 10. The molecule has 0 amide bonds. The molecular formula is C60H41BN4O2. The van der Waals surface area contributed by atoms with Crippen LogP contribution in [0.4, 0.5) is 68.2 Å². The summed E-state index contributed by atoms with van der Waals surface area (Å²) in [5, 5.41) is 0. The number of para-hydroxylation sites is 7. The van der Waals surface area contributed by atoms with E-state index < -0.39 is 0 Å². The monoisotopic (exact) mass is 860 g/mol. The molecular weight excluding hydrogens is 819 g/mol. The summed E-state index contributed by atoms with van der Waals surface area (Å²) in [6, 6.07) is 87.5. The van der Waals surface area contributed by atoms with Crippen LogP contribution < -0.4 is 45.5 Å². The van der Waals surface area contributed by atoms with Gasteiger partial charge >= 0.3 is 0 Å². The second kappa shape index (κ2) is 15.9. The number of nitrogens with zero attached hydrogens (tertiary/aromatic N) is 4.